The molecule has 2 rings (SSSR count). The number of hydrogen-bond acceptors (Lipinski definition) is 4. The number of amides is 1. The zero-order valence-electron chi connectivity index (χ0n) is 9.72. The van der Waals surface area contributed by atoms with Gasteiger partial charge in [-0.3, -0.25) is 9.69 Å². The van der Waals surface area contributed by atoms with Crippen LogP contribution in [-0.4, -0.2) is 36.1 Å². The van der Waals surface area contributed by atoms with Gasteiger partial charge in [-0.2, -0.15) is 0 Å². The van der Waals surface area contributed by atoms with Crippen molar-refractivity contribution >= 4 is 5.91 Å². The third-order valence-corrected chi connectivity index (χ3v) is 2.78. The number of carbonyl (C=O) groups is 1. The van der Waals surface area contributed by atoms with Crippen molar-refractivity contribution in [2.45, 2.75) is 12.6 Å². The number of carbonyl (C=O) groups excluding carboxylic acids is 1. The molecular formula is C12H16N2O3. The van der Waals surface area contributed by atoms with E-state index in [1.165, 1.54) is 0 Å². The van der Waals surface area contributed by atoms with Crippen molar-refractivity contribution in [3.63, 3.8) is 0 Å². The molecule has 0 fully saturated rings. The van der Waals surface area contributed by atoms with E-state index in [1.54, 1.807) is 12.1 Å². The molecule has 1 aliphatic heterocycles. The summed E-state index contributed by atoms with van der Waals surface area (Å²) in [6.45, 7) is 1.27. The molecule has 0 aromatic heterocycles. The van der Waals surface area contributed by atoms with Gasteiger partial charge in [0.1, 0.15) is 5.75 Å². The molecule has 1 unspecified atom stereocenters. The van der Waals surface area contributed by atoms with Crippen LogP contribution in [0.3, 0.4) is 0 Å². The van der Waals surface area contributed by atoms with Crippen molar-refractivity contribution in [1.82, 2.24) is 4.90 Å². The van der Waals surface area contributed by atoms with Crippen molar-refractivity contribution in [1.29, 1.82) is 0 Å². The topological polar surface area (TPSA) is 75.8 Å². The van der Waals surface area contributed by atoms with Gasteiger partial charge >= 0.3 is 0 Å². The number of rotatable bonds is 3. The van der Waals surface area contributed by atoms with Crippen LogP contribution in [0, 0.1) is 0 Å². The van der Waals surface area contributed by atoms with Crippen molar-refractivity contribution in [3.8, 4) is 5.75 Å². The Kier molecular flexibility index (Phi) is 3.31. The van der Waals surface area contributed by atoms with Crippen molar-refractivity contribution in [2.24, 2.45) is 5.73 Å². The summed E-state index contributed by atoms with van der Waals surface area (Å²) >= 11 is 0. The summed E-state index contributed by atoms with van der Waals surface area (Å²) in [7, 11) is 1.96. The third kappa shape index (κ3) is 2.75. The molecule has 3 N–H and O–H groups in total. The molecular weight excluding hydrogens is 220 g/mol. The van der Waals surface area contributed by atoms with Crippen LogP contribution < -0.4 is 10.5 Å². The fourth-order valence-corrected chi connectivity index (χ4v) is 2.02. The average Bonchev–Trinajstić information content (AvgIpc) is 2.26. The molecule has 1 aromatic carbocycles. The predicted molar refractivity (Wildman–Crippen MR) is 62.4 cm³/mol. The fourth-order valence-electron chi connectivity index (χ4n) is 2.02. The van der Waals surface area contributed by atoms with E-state index in [4.69, 9.17) is 10.5 Å². The molecule has 5 heteroatoms. The highest BCUT2D eigenvalue weighted by atomic mass is 16.5. The minimum absolute atomic E-state index is 0.144. The summed E-state index contributed by atoms with van der Waals surface area (Å²) in [6.07, 6.45) is -0.513. The van der Waals surface area contributed by atoms with Gasteiger partial charge in [-0.15, -0.1) is 0 Å². The number of likely N-dealkylation sites (N-methyl/N-ethyl adjacent to an activating group) is 1. The van der Waals surface area contributed by atoms with Crippen molar-refractivity contribution < 1.29 is 14.6 Å². The Balaban J connectivity index is 2.18. The summed E-state index contributed by atoms with van der Waals surface area (Å²) in [5, 5.41) is 9.94. The Morgan fingerprint density at radius 2 is 2.41 bits per heavy atom. The van der Waals surface area contributed by atoms with E-state index in [-0.39, 0.29) is 6.61 Å². The van der Waals surface area contributed by atoms with E-state index in [1.807, 2.05) is 13.1 Å². The van der Waals surface area contributed by atoms with Crippen LogP contribution in [0.15, 0.2) is 18.2 Å². The molecule has 1 atom stereocenters. The molecule has 92 valence electrons. The Labute approximate surface area is 99.8 Å². The second kappa shape index (κ2) is 4.73. The minimum atomic E-state index is -0.513. The van der Waals surface area contributed by atoms with Gasteiger partial charge in [-0.25, -0.2) is 0 Å². The largest absolute Gasteiger partial charge is 0.484 e. The number of ether oxygens (including phenoxy) is 1. The molecule has 0 saturated carbocycles. The van der Waals surface area contributed by atoms with Crippen molar-refractivity contribution in [3.05, 3.63) is 29.3 Å². The lowest BCUT2D eigenvalue weighted by Crippen LogP contribution is -2.30. The monoisotopic (exact) mass is 236 g/mol. The first-order valence-electron chi connectivity index (χ1n) is 5.47. The van der Waals surface area contributed by atoms with Crippen molar-refractivity contribution in [2.75, 3.05) is 20.2 Å². The van der Waals surface area contributed by atoms with Gasteiger partial charge in [0.2, 0.25) is 0 Å². The summed E-state index contributed by atoms with van der Waals surface area (Å²) in [4.78, 5) is 12.7. The standard InChI is InChI=1S/C12H16N2O3/c1-14-5-8-2-3-9(17-7-12(13)16)4-10(8)11(15)6-14/h2-4,11,15H,5-7H2,1H3,(H2,13,16). The number of β-amino-alcohol motifs (C(OH)–C–C–N with tert-alkyl or cyclic N) is 1. The molecule has 0 aliphatic carbocycles. The van der Waals surface area contributed by atoms with Gasteiger partial charge in [0.05, 0.1) is 6.10 Å². The Morgan fingerprint density at radius 1 is 1.65 bits per heavy atom. The number of hydrogen-bond donors (Lipinski definition) is 2. The maximum Gasteiger partial charge on any atom is 0.255 e. The van der Waals surface area contributed by atoms with Gasteiger partial charge in [-0.05, 0) is 30.3 Å². The Bertz CT molecular complexity index is 434. The molecule has 17 heavy (non-hydrogen) atoms. The van der Waals surface area contributed by atoms with Crippen LogP contribution in [0.25, 0.3) is 0 Å². The zero-order valence-corrected chi connectivity index (χ0v) is 9.72. The summed E-state index contributed by atoms with van der Waals surface area (Å²) in [5.41, 5.74) is 6.95. The number of aliphatic hydroxyl groups excluding tert-OH is 1. The van der Waals surface area contributed by atoms with Gasteiger partial charge in [0.15, 0.2) is 6.61 Å². The first-order chi connectivity index (χ1) is 8.06. The van der Waals surface area contributed by atoms with Crippen LogP contribution in [0.1, 0.15) is 17.2 Å². The van der Waals surface area contributed by atoms with Gasteiger partial charge in [-0.1, -0.05) is 6.07 Å². The summed E-state index contributed by atoms with van der Waals surface area (Å²) < 4.78 is 5.21. The molecule has 1 aromatic rings. The maximum atomic E-state index is 10.6. The number of nitrogens with two attached hydrogens (primary N) is 1. The second-order valence-electron chi connectivity index (χ2n) is 4.33. The third-order valence-electron chi connectivity index (χ3n) is 2.78. The first kappa shape index (κ1) is 11.9. The van der Waals surface area contributed by atoms with E-state index < -0.39 is 12.0 Å². The lowest BCUT2D eigenvalue weighted by Gasteiger charge is -2.29. The molecule has 1 aliphatic rings. The normalized spacial score (nSPS) is 19.8. The molecule has 1 amide bonds. The highest BCUT2D eigenvalue weighted by Crippen LogP contribution is 2.29. The number of nitrogens with zero attached hydrogens (tertiary/aromatic N) is 1. The predicted octanol–water partition coefficient (Wildman–Crippen LogP) is 0.0295. The zero-order chi connectivity index (χ0) is 12.4. The second-order valence-corrected chi connectivity index (χ2v) is 4.33. The lowest BCUT2D eigenvalue weighted by molar-refractivity contribution is -0.119. The fraction of sp³-hybridized carbons (Fsp3) is 0.417. The van der Waals surface area contributed by atoms with E-state index in [2.05, 4.69) is 4.90 Å². The summed E-state index contributed by atoms with van der Waals surface area (Å²) in [5.74, 6) is 0.0501. The quantitative estimate of drug-likeness (QED) is 0.776. The minimum Gasteiger partial charge on any atom is -0.484 e. The molecule has 0 radical (unpaired) electrons. The number of fused-ring (bicyclic) bond motifs is 1. The Hall–Kier alpha value is -1.59. The van der Waals surface area contributed by atoms with Crippen LogP contribution in [0.2, 0.25) is 0 Å². The van der Waals surface area contributed by atoms with Gasteiger partial charge in [0, 0.05) is 13.1 Å². The highest BCUT2D eigenvalue weighted by Gasteiger charge is 2.21. The maximum absolute atomic E-state index is 10.6. The van der Waals surface area contributed by atoms with Crippen LogP contribution in [0.4, 0.5) is 0 Å². The highest BCUT2D eigenvalue weighted by molar-refractivity contribution is 5.75. The molecule has 0 bridgehead atoms. The number of aliphatic hydroxyl groups is 1. The van der Waals surface area contributed by atoms with E-state index in [9.17, 15) is 9.90 Å². The van der Waals surface area contributed by atoms with E-state index in [0.29, 0.717) is 12.3 Å². The number of benzene rings is 1. The lowest BCUT2D eigenvalue weighted by atomic mass is 9.97. The Morgan fingerprint density at radius 3 is 3.12 bits per heavy atom. The summed E-state index contributed by atoms with van der Waals surface area (Å²) in [6, 6.07) is 5.47. The molecule has 0 saturated heterocycles. The smallest absolute Gasteiger partial charge is 0.255 e. The molecule has 0 spiro atoms. The average molecular weight is 236 g/mol. The van der Waals surface area contributed by atoms with E-state index >= 15 is 0 Å². The van der Waals surface area contributed by atoms with Gasteiger partial charge in [0.25, 0.3) is 5.91 Å². The SMILES string of the molecule is CN1Cc2ccc(OCC(N)=O)cc2C(O)C1. The molecule has 5 nitrogen and oxygen atoms in total. The van der Waals surface area contributed by atoms with Crippen LogP contribution in [0.5, 0.6) is 5.75 Å². The first-order valence-corrected chi connectivity index (χ1v) is 5.47. The van der Waals surface area contributed by atoms with Crippen LogP contribution in [-0.2, 0) is 11.3 Å². The van der Waals surface area contributed by atoms with Crippen LogP contribution >= 0.6 is 0 Å². The number of primary amides is 1. The van der Waals surface area contributed by atoms with E-state index in [0.717, 1.165) is 17.7 Å². The van der Waals surface area contributed by atoms with Gasteiger partial charge < -0.3 is 15.6 Å². The molecule has 1 heterocycles.